The number of nitrogens with two attached hydrogens (primary N) is 1. The predicted molar refractivity (Wildman–Crippen MR) is 73.4 cm³/mol. The first-order chi connectivity index (χ1) is 9.30. The Bertz CT molecular complexity index is 622. The fourth-order valence-electron chi connectivity index (χ4n) is 2.17. The van der Waals surface area contributed by atoms with Gasteiger partial charge in [-0.05, 0) is 19.1 Å². The Morgan fingerprint density at radius 1 is 1.25 bits per heavy atom. The van der Waals surface area contributed by atoms with E-state index in [2.05, 4.69) is 0 Å². The molecule has 20 heavy (non-hydrogen) atoms. The normalized spacial score (nSPS) is 17.2. The first-order valence-corrected chi connectivity index (χ1v) is 7.67. The lowest BCUT2D eigenvalue weighted by Gasteiger charge is -2.33. The quantitative estimate of drug-likeness (QED) is 0.779. The third-order valence-electron chi connectivity index (χ3n) is 3.42. The summed E-state index contributed by atoms with van der Waals surface area (Å²) in [5.74, 6) is -0.147. The molecule has 1 aliphatic heterocycles. The van der Waals surface area contributed by atoms with Crippen LogP contribution in [-0.4, -0.2) is 54.8 Å². The van der Waals surface area contributed by atoms with Crippen molar-refractivity contribution in [3.8, 4) is 5.75 Å². The predicted octanol–water partition coefficient (Wildman–Crippen LogP) is -0.338. The van der Waals surface area contributed by atoms with Gasteiger partial charge in [-0.1, -0.05) is 6.07 Å². The van der Waals surface area contributed by atoms with Crippen molar-refractivity contribution in [3.05, 3.63) is 29.3 Å². The van der Waals surface area contributed by atoms with Crippen LogP contribution < -0.4 is 5.14 Å². The zero-order valence-corrected chi connectivity index (χ0v) is 11.9. The maximum atomic E-state index is 12.3. The van der Waals surface area contributed by atoms with Crippen LogP contribution in [0.2, 0.25) is 0 Å². The Morgan fingerprint density at radius 2 is 1.85 bits per heavy atom. The van der Waals surface area contributed by atoms with Crippen LogP contribution in [0.15, 0.2) is 18.2 Å². The third-order valence-corrected chi connectivity index (χ3v) is 4.51. The number of amides is 1. The standard InChI is InChI=1S/C12H17N3O4S/c1-9-10(3-2-4-11(9)16)12(17)14-5-7-15(8-6-14)20(13,18)19/h2-4,16H,5-8H2,1H3,(H2,13,18,19). The summed E-state index contributed by atoms with van der Waals surface area (Å²) in [6.07, 6.45) is 0. The molecule has 0 aromatic heterocycles. The van der Waals surface area contributed by atoms with E-state index >= 15 is 0 Å². The first kappa shape index (κ1) is 14.8. The molecule has 1 aromatic carbocycles. The zero-order valence-electron chi connectivity index (χ0n) is 11.1. The molecule has 0 unspecified atom stereocenters. The van der Waals surface area contributed by atoms with Crippen molar-refractivity contribution in [2.75, 3.05) is 26.2 Å². The maximum absolute atomic E-state index is 12.3. The van der Waals surface area contributed by atoms with E-state index in [1.807, 2.05) is 0 Å². The number of rotatable bonds is 2. The summed E-state index contributed by atoms with van der Waals surface area (Å²) in [5.41, 5.74) is 0.945. The Hall–Kier alpha value is -1.64. The number of aromatic hydroxyl groups is 1. The SMILES string of the molecule is Cc1c(O)cccc1C(=O)N1CCN(S(N)(=O)=O)CC1. The van der Waals surface area contributed by atoms with Gasteiger partial charge in [0.2, 0.25) is 0 Å². The van der Waals surface area contributed by atoms with Crippen LogP contribution in [0.25, 0.3) is 0 Å². The molecule has 0 atom stereocenters. The van der Waals surface area contributed by atoms with Crippen molar-refractivity contribution in [2.45, 2.75) is 6.92 Å². The van der Waals surface area contributed by atoms with Gasteiger partial charge in [-0.15, -0.1) is 0 Å². The van der Waals surface area contributed by atoms with Crippen LogP contribution in [0.1, 0.15) is 15.9 Å². The molecule has 0 radical (unpaired) electrons. The van der Waals surface area contributed by atoms with Gasteiger partial charge in [0.25, 0.3) is 16.1 Å². The molecule has 1 saturated heterocycles. The molecular weight excluding hydrogens is 282 g/mol. The summed E-state index contributed by atoms with van der Waals surface area (Å²) in [6, 6.07) is 4.77. The number of carbonyl (C=O) groups is 1. The van der Waals surface area contributed by atoms with Crippen LogP contribution in [0.5, 0.6) is 5.75 Å². The highest BCUT2D eigenvalue weighted by molar-refractivity contribution is 7.86. The molecular formula is C12H17N3O4S. The second-order valence-corrected chi connectivity index (χ2v) is 6.23. The molecule has 0 bridgehead atoms. The van der Waals surface area contributed by atoms with Crippen molar-refractivity contribution >= 4 is 16.1 Å². The van der Waals surface area contributed by atoms with E-state index in [4.69, 9.17) is 5.14 Å². The van der Waals surface area contributed by atoms with Gasteiger partial charge in [0.1, 0.15) is 5.75 Å². The smallest absolute Gasteiger partial charge is 0.277 e. The summed E-state index contributed by atoms with van der Waals surface area (Å²) in [6.45, 7) is 2.60. The Morgan fingerprint density at radius 3 is 2.40 bits per heavy atom. The van der Waals surface area contributed by atoms with Gasteiger partial charge in [-0.2, -0.15) is 12.7 Å². The fraction of sp³-hybridized carbons (Fsp3) is 0.417. The topological polar surface area (TPSA) is 104 Å². The van der Waals surface area contributed by atoms with Crippen LogP contribution in [0.4, 0.5) is 0 Å². The summed E-state index contributed by atoms with van der Waals surface area (Å²) in [5, 5.41) is 14.7. The summed E-state index contributed by atoms with van der Waals surface area (Å²) >= 11 is 0. The zero-order chi connectivity index (χ0) is 14.9. The number of carbonyl (C=O) groups excluding carboxylic acids is 1. The molecule has 1 fully saturated rings. The van der Waals surface area contributed by atoms with Gasteiger partial charge in [0.05, 0.1) is 0 Å². The Balaban J connectivity index is 2.11. The van der Waals surface area contributed by atoms with E-state index in [0.29, 0.717) is 11.1 Å². The van der Waals surface area contributed by atoms with Crippen LogP contribution in [0, 0.1) is 6.92 Å². The van der Waals surface area contributed by atoms with Crippen molar-refractivity contribution in [1.29, 1.82) is 0 Å². The summed E-state index contributed by atoms with van der Waals surface area (Å²) in [7, 11) is -3.70. The Kier molecular flexibility index (Phi) is 3.98. The molecule has 2 rings (SSSR count). The average molecular weight is 299 g/mol. The molecule has 1 heterocycles. The van der Waals surface area contributed by atoms with E-state index in [0.717, 1.165) is 4.31 Å². The van der Waals surface area contributed by atoms with E-state index in [1.54, 1.807) is 24.0 Å². The fourth-order valence-corrected chi connectivity index (χ4v) is 2.84. The molecule has 7 nitrogen and oxygen atoms in total. The first-order valence-electron chi connectivity index (χ1n) is 6.16. The number of benzene rings is 1. The van der Waals surface area contributed by atoms with Crippen LogP contribution in [-0.2, 0) is 10.2 Å². The van der Waals surface area contributed by atoms with Gasteiger partial charge >= 0.3 is 0 Å². The van der Waals surface area contributed by atoms with Crippen molar-refractivity contribution < 1.29 is 18.3 Å². The highest BCUT2D eigenvalue weighted by Crippen LogP contribution is 2.21. The van der Waals surface area contributed by atoms with E-state index in [9.17, 15) is 18.3 Å². The molecule has 8 heteroatoms. The van der Waals surface area contributed by atoms with Gasteiger partial charge < -0.3 is 10.0 Å². The highest BCUT2D eigenvalue weighted by Gasteiger charge is 2.27. The molecule has 3 N–H and O–H groups in total. The molecule has 1 aromatic rings. The minimum Gasteiger partial charge on any atom is -0.508 e. The van der Waals surface area contributed by atoms with Crippen molar-refractivity contribution in [3.63, 3.8) is 0 Å². The van der Waals surface area contributed by atoms with E-state index < -0.39 is 10.2 Å². The third kappa shape index (κ3) is 2.92. The summed E-state index contributed by atoms with van der Waals surface area (Å²) in [4.78, 5) is 13.9. The second-order valence-electron chi connectivity index (χ2n) is 4.69. The Labute approximate surface area is 117 Å². The number of phenols is 1. The van der Waals surface area contributed by atoms with Crippen LogP contribution >= 0.6 is 0 Å². The minimum atomic E-state index is -3.70. The van der Waals surface area contributed by atoms with Gasteiger partial charge in [-0.3, -0.25) is 4.79 Å². The number of hydrogen-bond acceptors (Lipinski definition) is 4. The average Bonchev–Trinajstić information content (AvgIpc) is 2.40. The molecule has 110 valence electrons. The second kappa shape index (κ2) is 5.39. The number of piperazine rings is 1. The number of nitrogens with zero attached hydrogens (tertiary/aromatic N) is 2. The largest absolute Gasteiger partial charge is 0.508 e. The molecule has 0 aliphatic carbocycles. The molecule has 1 aliphatic rings. The van der Waals surface area contributed by atoms with Gasteiger partial charge in [-0.25, -0.2) is 5.14 Å². The molecule has 1 amide bonds. The van der Waals surface area contributed by atoms with Gasteiger partial charge in [0, 0.05) is 37.3 Å². The van der Waals surface area contributed by atoms with E-state index in [1.165, 1.54) is 6.07 Å². The monoisotopic (exact) mass is 299 g/mol. The lowest BCUT2D eigenvalue weighted by molar-refractivity contribution is 0.0696. The maximum Gasteiger partial charge on any atom is 0.277 e. The highest BCUT2D eigenvalue weighted by atomic mass is 32.2. The number of hydrogen-bond donors (Lipinski definition) is 2. The summed E-state index contributed by atoms with van der Waals surface area (Å²) < 4.78 is 23.5. The van der Waals surface area contributed by atoms with Crippen molar-refractivity contribution in [2.24, 2.45) is 5.14 Å². The lowest BCUT2D eigenvalue weighted by atomic mass is 10.1. The van der Waals surface area contributed by atoms with Gasteiger partial charge in [0.15, 0.2) is 0 Å². The molecule has 0 saturated carbocycles. The molecule has 0 spiro atoms. The van der Waals surface area contributed by atoms with Crippen LogP contribution in [0.3, 0.4) is 0 Å². The van der Waals surface area contributed by atoms with E-state index in [-0.39, 0.29) is 37.8 Å². The van der Waals surface area contributed by atoms with Crippen molar-refractivity contribution in [1.82, 2.24) is 9.21 Å². The number of phenolic OH excluding ortho intramolecular Hbond substituents is 1. The lowest BCUT2D eigenvalue weighted by Crippen LogP contribution is -2.52. The minimum absolute atomic E-state index is 0.0685.